The summed E-state index contributed by atoms with van der Waals surface area (Å²) in [6, 6.07) is 6.61. The normalized spacial score (nSPS) is 9.61. The summed E-state index contributed by atoms with van der Waals surface area (Å²) in [5.74, 6) is -0.390. The lowest BCUT2D eigenvalue weighted by atomic mass is 10.2. The number of anilines is 1. The first kappa shape index (κ1) is 13.9. The van der Waals surface area contributed by atoms with E-state index in [1.54, 1.807) is 24.3 Å². The monoisotopic (exact) mass is 248 g/mol. The molecule has 5 heteroatoms. The molecule has 0 unspecified atom stereocenters. The zero-order chi connectivity index (χ0) is 13.4. The van der Waals surface area contributed by atoms with E-state index in [1.807, 2.05) is 6.92 Å². The van der Waals surface area contributed by atoms with Gasteiger partial charge in [-0.15, -0.1) is 0 Å². The maximum Gasteiger partial charge on any atom is 0.224 e. The molecule has 0 radical (unpaired) electrons. The maximum atomic E-state index is 11.5. The van der Waals surface area contributed by atoms with Crippen LogP contribution in [0.2, 0.25) is 0 Å². The summed E-state index contributed by atoms with van der Waals surface area (Å²) in [4.78, 5) is 33.3. The van der Waals surface area contributed by atoms with Crippen molar-refractivity contribution in [3.05, 3.63) is 29.8 Å². The van der Waals surface area contributed by atoms with E-state index in [0.29, 0.717) is 24.1 Å². The van der Waals surface area contributed by atoms with Gasteiger partial charge in [0.15, 0.2) is 0 Å². The molecular formula is C13H16N2O3. The lowest BCUT2D eigenvalue weighted by Gasteiger charge is -2.05. The number of hydrogen-bond donors (Lipinski definition) is 2. The maximum absolute atomic E-state index is 11.5. The molecule has 0 saturated heterocycles. The third kappa shape index (κ3) is 4.78. The lowest BCUT2D eigenvalue weighted by Crippen LogP contribution is -2.24. The van der Waals surface area contributed by atoms with Gasteiger partial charge in [0.25, 0.3) is 0 Å². The predicted octanol–water partition coefficient (Wildman–Crippen LogP) is 1.35. The molecule has 1 rings (SSSR count). The largest absolute Gasteiger partial charge is 0.356 e. The van der Waals surface area contributed by atoms with Crippen molar-refractivity contribution in [3.63, 3.8) is 0 Å². The molecular weight excluding hydrogens is 232 g/mol. The number of aldehydes is 1. The topological polar surface area (TPSA) is 75.3 Å². The second-order valence-electron chi connectivity index (χ2n) is 3.74. The van der Waals surface area contributed by atoms with Gasteiger partial charge in [0, 0.05) is 30.6 Å². The van der Waals surface area contributed by atoms with E-state index >= 15 is 0 Å². The lowest BCUT2D eigenvalue weighted by molar-refractivity contribution is -0.124. The smallest absolute Gasteiger partial charge is 0.224 e. The highest BCUT2D eigenvalue weighted by Gasteiger charge is 2.06. The first-order valence-electron chi connectivity index (χ1n) is 5.77. The summed E-state index contributed by atoms with van der Waals surface area (Å²) in [6.07, 6.45) is 0.995. The highest BCUT2D eigenvalue weighted by Crippen LogP contribution is 2.09. The van der Waals surface area contributed by atoms with Crippen molar-refractivity contribution in [1.82, 2.24) is 5.32 Å². The van der Waals surface area contributed by atoms with E-state index in [4.69, 9.17) is 0 Å². The van der Waals surface area contributed by atoms with Crippen molar-refractivity contribution in [3.8, 4) is 0 Å². The molecule has 0 spiro atoms. The van der Waals surface area contributed by atoms with Crippen LogP contribution < -0.4 is 10.6 Å². The molecule has 5 nitrogen and oxygen atoms in total. The Kier molecular flexibility index (Phi) is 5.57. The average molecular weight is 248 g/mol. The average Bonchev–Trinajstić information content (AvgIpc) is 2.37. The predicted molar refractivity (Wildman–Crippen MR) is 68.4 cm³/mol. The molecule has 0 aromatic heterocycles. The number of carbonyl (C=O) groups excluding carboxylic acids is 3. The number of rotatable bonds is 6. The Morgan fingerprint density at radius 3 is 2.61 bits per heavy atom. The molecule has 1 aromatic rings. The van der Waals surface area contributed by atoms with E-state index in [1.165, 1.54) is 0 Å². The van der Waals surface area contributed by atoms with Gasteiger partial charge in [-0.2, -0.15) is 0 Å². The molecule has 0 atom stereocenters. The van der Waals surface area contributed by atoms with Crippen molar-refractivity contribution >= 4 is 23.8 Å². The summed E-state index contributed by atoms with van der Waals surface area (Å²) in [5.41, 5.74) is 1.05. The Bertz CT molecular complexity index is 444. The molecule has 96 valence electrons. The number of amides is 2. The van der Waals surface area contributed by atoms with E-state index < -0.39 is 0 Å². The van der Waals surface area contributed by atoms with Crippen molar-refractivity contribution in [2.45, 2.75) is 19.8 Å². The highest BCUT2D eigenvalue weighted by molar-refractivity contribution is 5.93. The summed E-state index contributed by atoms with van der Waals surface area (Å²) in [5, 5.41) is 5.25. The molecule has 0 saturated carbocycles. The zero-order valence-electron chi connectivity index (χ0n) is 10.2. The fraction of sp³-hybridized carbons (Fsp3) is 0.308. The third-order valence-electron chi connectivity index (χ3n) is 2.26. The van der Waals surface area contributed by atoms with Gasteiger partial charge < -0.3 is 10.6 Å². The molecule has 18 heavy (non-hydrogen) atoms. The van der Waals surface area contributed by atoms with Crippen molar-refractivity contribution < 1.29 is 14.4 Å². The van der Waals surface area contributed by atoms with Gasteiger partial charge in [0.1, 0.15) is 6.29 Å². The number of carbonyl (C=O) groups is 3. The zero-order valence-corrected chi connectivity index (χ0v) is 10.2. The van der Waals surface area contributed by atoms with Crippen LogP contribution in [0.1, 0.15) is 30.1 Å². The first-order valence-corrected chi connectivity index (χ1v) is 5.77. The van der Waals surface area contributed by atoms with Crippen LogP contribution in [0.4, 0.5) is 5.69 Å². The Hall–Kier alpha value is -2.17. The number of benzene rings is 1. The van der Waals surface area contributed by atoms with Gasteiger partial charge in [-0.3, -0.25) is 14.4 Å². The molecule has 2 amide bonds. The molecule has 0 aliphatic heterocycles. The highest BCUT2D eigenvalue weighted by atomic mass is 16.2. The second-order valence-corrected chi connectivity index (χ2v) is 3.74. The Labute approximate surface area is 106 Å². The molecule has 0 fully saturated rings. The van der Waals surface area contributed by atoms with E-state index in [0.717, 1.165) is 0 Å². The molecule has 1 aromatic carbocycles. The van der Waals surface area contributed by atoms with Crippen LogP contribution in [-0.2, 0) is 9.59 Å². The molecule has 2 N–H and O–H groups in total. The van der Waals surface area contributed by atoms with E-state index in [2.05, 4.69) is 10.6 Å². The van der Waals surface area contributed by atoms with Crippen LogP contribution in [-0.4, -0.2) is 24.6 Å². The summed E-state index contributed by atoms with van der Waals surface area (Å²) < 4.78 is 0. The van der Waals surface area contributed by atoms with Crippen molar-refractivity contribution in [1.29, 1.82) is 0 Å². The van der Waals surface area contributed by atoms with Crippen LogP contribution in [0.5, 0.6) is 0 Å². The van der Waals surface area contributed by atoms with Crippen LogP contribution in [0.3, 0.4) is 0 Å². The van der Waals surface area contributed by atoms with Gasteiger partial charge in [-0.25, -0.2) is 0 Å². The fourth-order valence-corrected chi connectivity index (χ4v) is 1.43. The molecule has 0 aliphatic rings. The first-order chi connectivity index (χ1) is 8.65. The number of hydrogen-bond acceptors (Lipinski definition) is 3. The summed E-state index contributed by atoms with van der Waals surface area (Å²) in [7, 11) is 0. The van der Waals surface area contributed by atoms with Gasteiger partial charge in [-0.05, 0) is 19.1 Å². The Morgan fingerprint density at radius 1 is 1.22 bits per heavy atom. The molecule has 0 bridgehead atoms. The SMILES string of the molecule is CCNC(=O)CCC(=O)Nc1cccc(C=O)c1. The van der Waals surface area contributed by atoms with Gasteiger partial charge >= 0.3 is 0 Å². The second kappa shape index (κ2) is 7.21. The van der Waals surface area contributed by atoms with Crippen molar-refractivity contribution in [2.75, 3.05) is 11.9 Å². The number of nitrogens with one attached hydrogen (secondary N) is 2. The Morgan fingerprint density at radius 2 is 1.94 bits per heavy atom. The Balaban J connectivity index is 2.44. The van der Waals surface area contributed by atoms with Crippen LogP contribution in [0.15, 0.2) is 24.3 Å². The van der Waals surface area contributed by atoms with Gasteiger partial charge in [0.05, 0.1) is 0 Å². The summed E-state index contributed by atoms with van der Waals surface area (Å²) in [6.45, 7) is 2.38. The van der Waals surface area contributed by atoms with Crippen LogP contribution in [0.25, 0.3) is 0 Å². The minimum atomic E-state index is -0.246. The minimum absolute atomic E-state index is 0.122. The quantitative estimate of drug-likeness (QED) is 0.746. The van der Waals surface area contributed by atoms with E-state index in [9.17, 15) is 14.4 Å². The summed E-state index contributed by atoms with van der Waals surface area (Å²) >= 11 is 0. The standard InChI is InChI=1S/C13H16N2O3/c1-2-14-12(17)6-7-13(18)15-11-5-3-4-10(8-11)9-16/h3-5,8-9H,2,6-7H2,1H3,(H,14,17)(H,15,18). The van der Waals surface area contributed by atoms with Crippen molar-refractivity contribution in [2.24, 2.45) is 0 Å². The third-order valence-corrected chi connectivity index (χ3v) is 2.26. The van der Waals surface area contributed by atoms with Crippen LogP contribution in [0, 0.1) is 0 Å². The minimum Gasteiger partial charge on any atom is -0.356 e. The molecule has 0 heterocycles. The van der Waals surface area contributed by atoms with Gasteiger partial charge in [-0.1, -0.05) is 12.1 Å². The molecule has 0 aliphatic carbocycles. The van der Waals surface area contributed by atoms with Crippen LogP contribution >= 0.6 is 0 Å². The van der Waals surface area contributed by atoms with Gasteiger partial charge in [0.2, 0.25) is 11.8 Å². The fourth-order valence-electron chi connectivity index (χ4n) is 1.43. The van der Waals surface area contributed by atoms with E-state index in [-0.39, 0.29) is 24.7 Å².